The molecular weight excluding hydrogens is 200 g/mol. The van der Waals surface area contributed by atoms with Crippen molar-refractivity contribution < 1.29 is 0 Å². The van der Waals surface area contributed by atoms with Crippen molar-refractivity contribution in [3.63, 3.8) is 0 Å². The molecule has 0 radical (unpaired) electrons. The van der Waals surface area contributed by atoms with Crippen molar-refractivity contribution in [2.75, 3.05) is 5.33 Å². The van der Waals surface area contributed by atoms with Crippen LogP contribution in [-0.4, -0.2) is 5.33 Å². The third-order valence-corrected chi connectivity index (χ3v) is 3.91. The van der Waals surface area contributed by atoms with E-state index in [4.69, 9.17) is 0 Å². The Kier molecular flexibility index (Phi) is 3.64. The van der Waals surface area contributed by atoms with Crippen LogP contribution in [-0.2, 0) is 0 Å². The van der Waals surface area contributed by atoms with E-state index in [9.17, 15) is 0 Å². The second kappa shape index (κ2) is 4.30. The van der Waals surface area contributed by atoms with Gasteiger partial charge in [-0.1, -0.05) is 35.0 Å². The average molecular weight is 217 g/mol. The molecule has 0 aromatic carbocycles. The fourth-order valence-electron chi connectivity index (χ4n) is 1.57. The lowest BCUT2D eigenvalue weighted by Gasteiger charge is -2.27. The van der Waals surface area contributed by atoms with Crippen LogP contribution in [0.15, 0.2) is 12.2 Å². The minimum atomic E-state index is 0.560. The highest BCUT2D eigenvalue weighted by atomic mass is 79.9. The van der Waals surface area contributed by atoms with E-state index in [-0.39, 0.29) is 0 Å². The van der Waals surface area contributed by atoms with Gasteiger partial charge in [0.25, 0.3) is 0 Å². The third-order valence-electron chi connectivity index (χ3n) is 2.55. The van der Waals surface area contributed by atoms with Crippen molar-refractivity contribution in [2.45, 2.75) is 39.0 Å². The number of hydrogen-bond donors (Lipinski definition) is 0. The minimum Gasteiger partial charge on any atom is -0.0922 e. The van der Waals surface area contributed by atoms with E-state index >= 15 is 0 Å². The molecule has 0 aromatic rings. The first-order valence-corrected chi connectivity index (χ1v) is 5.60. The van der Waals surface area contributed by atoms with Gasteiger partial charge in [0, 0.05) is 5.33 Å². The highest BCUT2D eigenvalue weighted by molar-refractivity contribution is 9.09. The molecule has 11 heavy (non-hydrogen) atoms. The van der Waals surface area contributed by atoms with Crippen molar-refractivity contribution in [2.24, 2.45) is 5.41 Å². The Morgan fingerprint density at radius 2 is 2.00 bits per heavy atom. The smallest absolute Gasteiger partial charge is 0.00854 e. The van der Waals surface area contributed by atoms with E-state index in [1.54, 1.807) is 0 Å². The number of hydrogen-bond acceptors (Lipinski definition) is 0. The average Bonchev–Trinajstić information content (AvgIpc) is 1.98. The summed E-state index contributed by atoms with van der Waals surface area (Å²) in [5, 5.41) is 1.16. The van der Waals surface area contributed by atoms with Crippen LogP contribution in [0.1, 0.15) is 39.0 Å². The fourth-order valence-corrected chi connectivity index (χ4v) is 2.13. The maximum absolute atomic E-state index is 3.60. The maximum atomic E-state index is 3.60. The van der Waals surface area contributed by atoms with Crippen LogP contribution in [0.2, 0.25) is 0 Å². The van der Waals surface area contributed by atoms with Crippen LogP contribution < -0.4 is 0 Å². The molecule has 1 aliphatic rings. The van der Waals surface area contributed by atoms with Crippen LogP contribution in [0.5, 0.6) is 0 Å². The Morgan fingerprint density at radius 1 is 1.27 bits per heavy atom. The second-order valence-corrected chi connectivity index (χ2v) is 4.41. The standard InChI is InChI=1S/C10H17Br/c1-10(9-11)7-5-3-2-4-6-8-10/h2-3H,4-9H2,1H3/b3-2-. The predicted molar refractivity (Wildman–Crippen MR) is 54.1 cm³/mol. The van der Waals surface area contributed by atoms with Crippen molar-refractivity contribution in [1.82, 2.24) is 0 Å². The summed E-state index contributed by atoms with van der Waals surface area (Å²) in [6, 6.07) is 0. The van der Waals surface area contributed by atoms with Crippen LogP contribution in [0.25, 0.3) is 0 Å². The van der Waals surface area contributed by atoms with Gasteiger partial charge >= 0.3 is 0 Å². The molecule has 0 aromatic heterocycles. The molecule has 0 saturated heterocycles. The summed E-state index contributed by atoms with van der Waals surface area (Å²) in [5.41, 5.74) is 0.560. The van der Waals surface area contributed by atoms with Gasteiger partial charge in [0.2, 0.25) is 0 Å². The zero-order valence-corrected chi connectivity index (χ0v) is 8.86. The van der Waals surface area contributed by atoms with E-state index in [2.05, 4.69) is 35.0 Å². The van der Waals surface area contributed by atoms with Crippen LogP contribution in [0.4, 0.5) is 0 Å². The number of rotatable bonds is 1. The third kappa shape index (κ3) is 2.98. The Bertz CT molecular complexity index is 140. The van der Waals surface area contributed by atoms with Gasteiger partial charge < -0.3 is 0 Å². The van der Waals surface area contributed by atoms with Crippen LogP contribution >= 0.6 is 15.9 Å². The molecule has 1 unspecified atom stereocenters. The molecule has 0 spiro atoms. The molecule has 0 bridgehead atoms. The SMILES string of the molecule is CC1(CBr)CC/C=C\CCC1. The molecule has 0 saturated carbocycles. The lowest BCUT2D eigenvalue weighted by Crippen LogP contribution is -2.18. The van der Waals surface area contributed by atoms with Gasteiger partial charge in [0.05, 0.1) is 0 Å². The molecule has 0 amide bonds. The molecule has 0 aliphatic heterocycles. The molecule has 64 valence electrons. The summed E-state index contributed by atoms with van der Waals surface area (Å²) in [6.07, 6.45) is 11.3. The maximum Gasteiger partial charge on any atom is 0.00854 e. The van der Waals surface area contributed by atoms with E-state index in [0.717, 1.165) is 5.33 Å². The van der Waals surface area contributed by atoms with Crippen LogP contribution in [0.3, 0.4) is 0 Å². The quantitative estimate of drug-likeness (QED) is 0.461. The predicted octanol–water partition coefficient (Wildman–Crippen LogP) is 3.91. The molecule has 1 rings (SSSR count). The Hall–Kier alpha value is 0.220. The van der Waals surface area contributed by atoms with Crippen molar-refractivity contribution in [3.8, 4) is 0 Å². The number of allylic oxidation sites excluding steroid dienone is 2. The highest BCUT2D eigenvalue weighted by Crippen LogP contribution is 2.33. The van der Waals surface area contributed by atoms with Crippen LogP contribution in [0, 0.1) is 5.41 Å². The monoisotopic (exact) mass is 216 g/mol. The first-order valence-electron chi connectivity index (χ1n) is 4.48. The summed E-state index contributed by atoms with van der Waals surface area (Å²) in [5.74, 6) is 0. The normalized spacial score (nSPS) is 35.8. The first-order chi connectivity index (χ1) is 5.27. The molecular formula is C10H17Br. The first kappa shape index (κ1) is 9.31. The van der Waals surface area contributed by atoms with E-state index in [1.807, 2.05) is 0 Å². The zero-order chi connectivity index (χ0) is 8.16. The largest absolute Gasteiger partial charge is 0.0922 e. The van der Waals surface area contributed by atoms with E-state index < -0.39 is 0 Å². The van der Waals surface area contributed by atoms with Gasteiger partial charge in [0.15, 0.2) is 0 Å². The molecule has 0 heterocycles. The van der Waals surface area contributed by atoms with E-state index in [1.165, 1.54) is 32.1 Å². The van der Waals surface area contributed by atoms with Gasteiger partial charge in [-0.15, -0.1) is 0 Å². The summed E-state index contributed by atoms with van der Waals surface area (Å²) in [6.45, 7) is 2.39. The lowest BCUT2D eigenvalue weighted by molar-refractivity contribution is 0.309. The number of halogens is 1. The Morgan fingerprint density at radius 3 is 2.73 bits per heavy atom. The molecule has 0 fully saturated rings. The second-order valence-electron chi connectivity index (χ2n) is 3.85. The topological polar surface area (TPSA) is 0 Å². The van der Waals surface area contributed by atoms with Crippen molar-refractivity contribution in [1.29, 1.82) is 0 Å². The van der Waals surface area contributed by atoms with Crippen molar-refractivity contribution in [3.05, 3.63) is 12.2 Å². The minimum absolute atomic E-state index is 0.560. The van der Waals surface area contributed by atoms with Crippen molar-refractivity contribution >= 4 is 15.9 Å². The van der Waals surface area contributed by atoms with Gasteiger partial charge in [-0.25, -0.2) is 0 Å². The number of alkyl halides is 1. The molecule has 1 aliphatic carbocycles. The van der Waals surface area contributed by atoms with Gasteiger partial charge in [-0.05, 0) is 37.5 Å². The molecule has 1 atom stereocenters. The summed E-state index contributed by atoms with van der Waals surface area (Å²) in [4.78, 5) is 0. The van der Waals surface area contributed by atoms with Gasteiger partial charge in [-0.3, -0.25) is 0 Å². The summed E-state index contributed by atoms with van der Waals surface area (Å²) < 4.78 is 0. The zero-order valence-electron chi connectivity index (χ0n) is 7.28. The van der Waals surface area contributed by atoms with Gasteiger partial charge in [-0.2, -0.15) is 0 Å². The summed E-state index contributed by atoms with van der Waals surface area (Å²) in [7, 11) is 0. The molecule has 0 nitrogen and oxygen atoms in total. The van der Waals surface area contributed by atoms with E-state index in [0.29, 0.717) is 5.41 Å². The molecule has 0 N–H and O–H groups in total. The molecule has 1 heteroatoms. The highest BCUT2D eigenvalue weighted by Gasteiger charge is 2.21. The fraction of sp³-hybridized carbons (Fsp3) is 0.800. The summed E-state index contributed by atoms with van der Waals surface area (Å²) >= 11 is 3.60. The Balaban J connectivity index is 2.47. The van der Waals surface area contributed by atoms with Gasteiger partial charge in [0.1, 0.15) is 0 Å². The lowest BCUT2D eigenvalue weighted by atomic mass is 9.81. The Labute approximate surface area is 78.2 Å².